The summed E-state index contributed by atoms with van der Waals surface area (Å²) in [5.41, 5.74) is 9.94. The molecule has 1 aliphatic rings. The van der Waals surface area contributed by atoms with Crippen molar-refractivity contribution in [2.24, 2.45) is 5.92 Å². The number of anilines is 2. The summed E-state index contributed by atoms with van der Waals surface area (Å²) in [7, 11) is 0. The van der Waals surface area contributed by atoms with E-state index in [1.807, 2.05) is 37.3 Å². The molecule has 3 atom stereocenters. The molecular formula is C33H35N3O6. The first-order valence-corrected chi connectivity index (χ1v) is 14.1. The quantitative estimate of drug-likeness (QED) is 0.179. The summed E-state index contributed by atoms with van der Waals surface area (Å²) in [5, 5.41) is 16.2. The van der Waals surface area contributed by atoms with E-state index in [4.69, 9.17) is 19.6 Å². The van der Waals surface area contributed by atoms with Crippen LogP contribution in [0.5, 0.6) is 0 Å². The number of aliphatic hydroxyl groups excluding tert-OH is 1. The molecule has 9 nitrogen and oxygen atoms in total. The van der Waals surface area contributed by atoms with Crippen molar-refractivity contribution in [2.45, 2.75) is 38.5 Å². The lowest BCUT2D eigenvalue weighted by Crippen LogP contribution is -2.38. The number of aliphatic hydroxyl groups is 1. The van der Waals surface area contributed by atoms with E-state index in [1.165, 1.54) is 0 Å². The fourth-order valence-corrected chi connectivity index (χ4v) is 5.23. The highest BCUT2D eigenvalue weighted by Crippen LogP contribution is 2.42. The molecule has 218 valence electrons. The first kappa shape index (κ1) is 28.9. The normalized spacial score (nSPS) is 18.2. The summed E-state index contributed by atoms with van der Waals surface area (Å²) >= 11 is 0. The van der Waals surface area contributed by atoms with Crippen molar-refractivity contribution in [1.82, 2.24) is 5.32 Å². The number of carbonyl (C=O) groups is 2. The minimum Gasteiger partial charge on any atom is -0.464 e. The molecule has 1 aliphatic heterocycles. The van der Waals surface area contributed by atoms with Crippen LogP contribution in [-0.4, -0.2) is 36.4 Å². The molecule has 0 fully saturated rings. The van der Waals surface area contributed by atoms with Gasteiger partial charge in [-0.25, -0.2) is 0 Å². The van der Waals surface area contributed by atoms with Gasteiger partial charge in [0, 0.05) is 48.1 Å². The van der Waals surface area contributed by atoms with Gasteiger partial charge in [-0.3, -0.25) is 9.59 Å². The number of hydrogen-bond acceptors (Lipinski definition) is 7. The number of fused-ring (bicyclic) bond motifs is 1. The molecule has 5 N–H and O–H groups in total. The number of ether oxygens (including phenoxy) is 2. The third-order valence-corrected chi connectivity index (χ3v) is 7.38. The van der Waals surface area contributed by atoms with Gasteiger partial charge in [-0.1, -0.05) is 42.5 Å². The van der Waals surface area contributed by atoms with Crippen LogP contribution >= 0.6 is 0 Å². The third-order valence-electron chi connectivity index (χ3n) is 7.38. The number of furan rings is 1. The van der Waals surface area contributed by atoms with Crippen molar-refractivity contribution in [3.63, 3.8) is 0 Å². The zero-order valence-corrected chi connectivity index (χ0v) is 23.4. The van der Waals surface area contributed by atoms with Crippen molar-refractivity contribution in [1.29, 1.82) is 0 Å². The minimum absolute atomic E-state index is 0.0476. The summed E-state index contributed by atoms with van der Waals surface area (Å²) in [6.45, 7) is 2.57. The monoisotopic (exact) mass is 569 g/mol. The van der Waals surface area contributed by atoms with Gasteiger partial charge in [-0.15, -0.1) is 0 Å². The van der Waals surface area contributed by atoms with Crippen LogP contribution in [0.4, 0.5) is 11.4 Å². The molecule has 1 aromatic heterocycles. The molecule has 3 aromatic carbocycles. The maximum absolute atomic E-state index is 13.3. The van der Waals surface area contributed by atoms with Crippen LogP contribution in [0.15, 0.2) is 95.3 Å². The van der Waals surface area contributed by atoms with Crippen molar-refractivity contribution in [3.8, 4) is 0 Å². The first-order valence-electron chi connectivity index (χ1n) is 14.1. The topological polar surface area (TPSA) is 136 Å². The fraction of sp³-hybridized carbons (Fsp3) is 0.273. The molecule has 5 rings (SSSR count). The Morgan fingerprint density at radius 2 is 1.76 bits per heavy atom. The maximum atomic E-state index is 13.3. The van der Waals surface area contributed by atoms with Gasteiger partial charge in [0.15, 0.2) is 5.76 Å². The standard InChI is InChI=1S/C33H35N3O6/c1-2-40-33-24(9-7-17-37)25(26-20-41-29-12-6-3-8-23(26)29)18-30(42-33)32(39)35-19-21-13-15-22(16-14-21)31(38)36-28-11-5-4-10-27(28)34/h3-6,8,10-16,18,20,24-25,33,37H,2,7,9,17,19,34H2,1H3,(H,35,39)(H,36,38). The summed E-state index contributed by atoms with van der Waals surface area (Å²) < 4.78 is 17.9. The van der Waals surface area contributed by atoms with E-state index >= 15 is 0 Å². The fourth-order valence-electron chi connectivity index (χ4n) is 5.23. The van der Waals surface area contributed by atoms with E-state index in [2.05, 4.69) is 10.6 Å². The van der Waals surface area contributed by atoms with Gasteiger partial charge in [0.25, 0.3) is 11.8 Å². The predicted molar refractivity (Wildman–Crippen MR) is 160 cm³/mol. The number of benzene rings is 3. The number of rotatable bonds is 11. The molecule has 0 spiro atoms. The highest BCUT2D eigenvalue weighted by Gasteiger charge is 2.39. The van der Waals surface area contributed by atoms with Gasteiger partial charge in [0.2, 0.25) is 6.29 Å². The van der Waals surface area contributed by atoms with Gasteiger partial charge >= 0.3 is 0 Å². The lowest BCUT2D eigenvalue weighted by atomic mass is 9.80. The van der Waals surface area contributed by atoms with Crippen LogP contribution in [0, 0.1) is 5.92 Å². The third kappa shape index (κ3) is 6.48. The van der Waals surface area contributed by atoms with Gasteiger partial charge in [0.05, 0.1) is 17.6 Å². The number of hydrogen-bond donors (Lipinski definition) is 4. The van der Waals surface area contributed by atoms with Gasteiger partial charge in [-0.05, 0) is 61.7 Å². The average molecular weight is 570 g/mol. The summed E-state index contributed by atoms with van der Waals surface area (Å²) in [5.74, 6) is -0.832. The zero-order valence-electron chi connectivity index (χ0n) is 23.4. The van der Waals surface area contributed by atoms with Crippen molar-refractivity contribution < 1.29 is 28.6 Å². The van der Waals surface area contributed by atoms with E-state index in [1.54, 1.807) is 54.8 Å². The maximum Gasteiger partial charge on any atom is 0.286 e. The van der Waals surface area contributed by atoms with E-state index in [0.29, 0.717) is 36.4 Å². The molecule has 9 heteroatoms. The Kier molecular flexibility index (Phi) is 9.21. The van der Waals surface area contributed by atoms with Crippen LogP contribution in [0.25, 0.3) is 11.0 Å². The van der Waals surface area contributed by atoms with E-state index in [0.717, 1.165) is 22.1 Å². The van der Waals surface area contributed by atoms with Crippen molar-refractivity contribution in [3.05, 3.63) is 108 Å². The molecule has 0 bridgehead atoms. The number of amides is 2. The Hall–Kier alpha value is -4.60. The minimum atomic E-state index is -0.664. The zero-order chi connectivity index (χ0) is 29.5. The van der Waals surface area contributed by atoms with Crippen LogP contribution in [0.1, 0.15) is 47.2 Å². The molecule has 42 heavy (non-hydrogen) atoms. The second-order valence-electron chi connectivity index (χ2n) is 10.1. The molecule has 0 aliphatic carbocycles. The number of allylic oxidation sites excluding steroid dienone is 1. The Labute approximate surface area is 244 Å². The highest BCUT2D eigenvalue weighted by molar-refractivity contribution is 6.05. The number of nitrogens with two attached hydrogens (primary N) is 1. The Balaban J connectivity index is 1.31. The number of nitrogens with one attached hydrogen (secondary N) is 2. The largest absolute Gasteiger partial charge is 0.464 e. The molecule has 0 saturated heterocycles. The van der Waals surface area contributed by atoms with Crippen LogP contribution in [-0.2, 0) is 20.8 Å². The number of nitrogen functional groups attached to an aromatic ring is 1. The average Bonchev–Trinajstić information content (AvgIpc) is 3.44. The lowest BCUT2D eigenvalue weighted by Gasteiger charge is -2.36. The molecule has 0 saturated carbocycles. The van der Waals surface area contributed by atoms with Gasteiger partial charge in [0.1, 0.15) is 5.58 Å². The second kappa shape index (κ2) is 13.4. The van der Waals surface area contributed by atoms with Gasteiger partial charge in [-0.2, -0.15) is 0 Å². The predicted octanol–water partition coefficient (Wildman–Crippen LogP) is 5.33. The number of para-hydroxylation sites is 3. The van der Waals surface area contributed by atoms with Crippen LogP contribution in [0.3, 0.4) is 0 Å². The van der Waals surface area contributed by atoms with E-state index in [9.17, 15) is 14.7 Å². The Morgan fingerprint density at radius 1 is 1.00 bits per heavy atom. The highest BCUT2D eigenvalue weighted by atomic mass is 16.7. The first-order chi connectivity index (χ1) is 20.5. The Morgan fingerprint density at radius 3 is 2.52 bits per heavy atom. The van der Waals surface area contributed by atoms with Crippen LogP contribution < -0.4 is 16.4 Å². The van der Waals surface area contributed by atoms with Crippen molar-refractivity contribution in [2.75, 3.05) is 24.3 Å². The lowest BCUT2D eigenvalue weighted by molar-refractivity contribution is -0.166. The molecule has 3 unspecified atom stereocenters. The molecule has 2 amide bonds. The second-order valence-corrected chi connectivity index (χ2v) is 10.1. The van der Waals surface area contributed by atoms with E-state index < -0.39 is 6.29 Å². The van der Waals surface area contributed by atoms with Gasteiger partial charge < -0.3 is 35.4 Å². The SMILES string of the molecule is CCOC1OC(C(=O)NCc2ccc(C(=O)Nc3ccccc3N)cc2)=CC(c2coc3ccccc23)C1CCCO. The Bertz CT molecular complexity index is 1560. The summed E-state index contributed by atoms with van der Waals surface area (Å²) in [6, 6.07) is 21.8. The van der Waals surface area contributed by atoms with E-state index in [-0.39, 0.29) is 42.6 Å². The summed E-state index contributed by atoms with van der Waals surface area (Å²) in [6.07, 6.45) is 4.11. The van der Waals surface area contributed by atoms with Crippen LogP contribution in [0.2, 0.25) is 0 Å². The van der Waals surface area contributed by atoms with Crippen molar-refractivity contribution >= 4 is 34.2 Å². The number of carbonyl (C=O) groups excluding carboxylic acids is 2. The summed E-state index contributed by atoms with van der Waals surface area (Å²) in [4.78, 5) is 26.0. The smallest absolute Gasteiger partial charge is 0.286 e. The molecule has 2 heterocycles. The molecular weight excluding hydrogens is 534 g/mol. The molecule has 0 radical (unpaired) electrons. The molecule has 4 aromatic rings.